The Labute approximate surface area is 170 Å². The number of ether oxygens (including phenoxy) is 1. The van der Waals surface area contributed by atoms with E-state index in [4.69, 9.17) is 14.2 Å². The number of aromatic nitrogens is 3. The molecule has 0 aromatic carbocycles. The molecule has 1 unspecified atom stereocenters. The van der Waals surface area contributed by atoms with Crippen molar-refractivity contribution in [3.63, 3.8) is 0 Å². The number of nitrogens with zero attached hydrogens (tertiary/aromatic N) is 4. The van der Waals surface area contributed by atoms with Crippen LogP contribution in [0.15, 0.2) is 28.9 Å². The molecular formula is C22H28N4O3. The van der Waals surface area contributed by atoms with Crippen LogP contribution in [-0.4, -0.2) is 52.2 Å². The first-order valence-corrected chi connectivity index (χ1v) is 10.9. The maximum absolute atomic E-state index is 13.1. The molecule has 4 heterocycles. The molecule has 1 atom stereocenters. The SMILES string of the molecule is O=C(c1ccccn1)N1CCCC(CC2CC2)(c2noc(C3CCOCC3)n2)C1. The van der Waals surface area contributed by atoms with Gasteiger partial charge in [-0.05, 0) is 50.2 Å². The van der Waals surface area contributed by atoms with Crippen molar-refractivity contribution < 1.29 is 14.1 Å². The van der Waals surface area contributed by atoms with Crippen LogP contribution in [0.3, 0.4) is 0 Å². The molecule has 3 aliphatic rings. The number of carbonyl (C=O) groups excluding carboxylic acids is 1. The monoisotopic (exact) mass is 396 g/mol. The van der Waals surface area contributed by atoms with Crippen LogP contribution in [0.1, 0.15) is 73.1 Å². The van der Waals surface area contributed by atoms with Crippen LogP contribution in [0.2, 0.25) is 0 Å². The van der Waals surface area contributed by atoms with Crippen molar-refractivity contribution in [2.45, 2.75) is 56.3 Å². The second-order valence-electron chi connectivity index (χ2n) is 8.82. The van der Waals surface area contributed by atoms with Gasteiger partial charge in [-0.2, -0.15) is 4.98 Å². The van der Waals surface area contributed by atoms with Gasteiger partial charge in [0, 0.05) is 38.4 Å². The van der Waals surface area contributed by atoms with Crippen molar-refractivity contribution in [1.82, 2.24) is 20.0 Å². The van der Waals surface area contributed by atoms with Gasteiger partial charge >= 0.3 is 0 Å². The van der Waals surface area contributed by atoms with E-state index in [9.17, 15) is 4.79 Å². The topological polar surface area (TPSA) is 81.4 Å². The number of pyridine rings is 1. The standard InChI is InChI=1S/C22H28N4O3/c27-20(18-4-1-2-10-23-18)26-11-3-9-22(15-26,14-16-5-6-16)21-24-19(29-25-21)17-7-12-28-13-8-17/h1-2,4,10,16-17H,3,5-9,11-15H2. The van der Waals surface area contributed by atoms with Gasteiger partial charge in [0.25, 0.3) is 5.91 Å². The molecule has 2 aromatic heterocycles. The Kier molecular flexibility index (Phi) is 5.08. The molecule has 2 aliphatic heterocycles. The lowest BCUT2D eigenvalue weighted by Gasteiger charge is -2.41. The second-order valence-corrected chi connectivity index (χ2v) is 8.82. The van der Waals surface area contributed by atoms with Gasteiger partial charge in [-0.25, -0.2) is 0 Å². The number of hydrogen-bond acceptors (Lipinski definition) is 6. The summed E-state index contributed by atoms with van der Waals surface area (Å²) in [5.41, 5.74) is 0.294. The molecule has 29 heavy (non-hydrogen) atoms. The van der Waals surface area contributed by atoms with Gasteiger partial charge in [0.2, 0.25) is 5.89 Å². The Morgan fingerprint density at radius 2 is 2.07 bits per heavy atom. The summed E-state index contributed by atoms with van der Waals surface area (Å²) in [7, 11) is 0. The van der Waals surface area contributed by atoms with E-state index in [-0.39, 0.29) is 17.2 Å². The summed E-state index contributed by atoms with van der Waals surface area (Å²) in [5.74, 6) is 2.54. The maximum atomic E-state index is 13.1. The third-order valence-electron chi connectivity index (χ3n) is 6.61. The molecule has 3 fully saturated rings. The average molecular weight is 396 g/mol. The zero-order valence-corrected chi connectivity index (χ0v) is 16.8. The predicted molar refractivity (Wildman–Crippen MR) is 105 cm³/mol. The lowest BCUT2D eigenvalue weighted by molar-refractivity contribution is 0.0601. The fourth-order valence-electron chi connectivity index (χ4n) is 4.83. The van der Waals surface area contributed by atoms with Crippen LogP contribution in [0.4, 0.5) is 0 Å². The normalized spacial score (nSPS) is 25.9. The number of likely N-dealkylation sites (tertiary alicyclic amines) is 1. The molecule has 0 N–H and O–H groups in total. The van der Waals surface area contributed by atoms with E-state index >= 15 is 0 Å². The zero-order chi connectivity index (χ0) is 19.7. The van der Waals surface area contributed by atoms with Gasteiger partial charge in [0.05, 0.1) is 5.41 Å². The first kappa shape index (κ1) is 18.7. The molecule has 7 nitrogen and oxygen atoms in total. The lowest BCUT2D eigenvalue weighted by Crippen LogP contribution is -2.49. The Bertz CT molecular complexity index is 845. The number of amides is 1. The number of rotatable bonds is 5. The van der Waals surface area contributed by atoms with Gasteiger partial charge < -0.3 is 14.2 Å². The minimum absolute atomic E-state index is 0.00128. The van der Waals surface area contributed by atoms with Crippen molar-refractivity contribution in [1.29, 1.82) is 0 Å². The number of carbonyl (C=O) groups is 1. The molecule has 2 aromatic rings. The van der Waals surface area contributed by atoms with E-state index < -0.39 is 0 Å². The fraction of sp³-hybridized carbons (Fsp3) is 0.636. The third kappa shape index (κ3) is 3.92. The molecule has 0 bridgehead atoms. The predicted octanol–water partition coefficient (Wildman–Crippen LogP) is 3.33. The van der Waals surface area contributed by atoms with Crippen LogP contribution in [0.5, 0.6) is 0 Å². The number of piperidine rings is 1. The summed E-state index contributed by atoms with van der Waals surface area (Å²) in [6.45, 7) is 2.90. The van der Waals surface area contributed by atoms with Crippen molar-refractivity contribution in [3.8, 4) is 0 Å². The van der Waals surface area contributed by atoms with Gasteiger partial charge in [0.15, 0.2) is 5.82 Å². The van der Waals surface area contributed by atoms with Crippen molar-refractivity contribution in [3.05, 3.63) is 41.8 Å². The average Bonchev–Trinajstić information content (AvgIpc) is 3.44. The quantitative estimate of drug-likeness (QED) is 0.771. The van der Waals surface area contributed by atoms with Gasteiger partial charge in [0.1, 0.15) is 5.69 Å². The summed E-state index contributed by atoms with van der Waals surface area (Å²) >= 11 is 0. The van der Waals surface area contributed by atoms with E-state index in [1.165, 1.54) is 12.8 Å². The molecule has 1 amide bonds. The van der Waals surface area contributed by atoms with Crippen LogP contribution >= 0.6 is 0 Å². The van der Waals surface area contributed by atoms with E-state index in [1.54, 1.807) is 12.3 Å². The van der Waals surface area contributed by atoms with E-state index in [0.717, 1.165) is 63.6 Å². The first-order chi connectivity index (χ1) is 14.2. The highest BCUT2D eigenvalue weighted by molar-refractivity contribution is 5.92. The van der Waals surface area contributed by atoms with Crippen molar-refractivity contribution >= 4 is 5.91 Å². The molecule has 1 aliphatic carbocycles. The van der Waals surface area contributed by atoms with E-state index in [0.29, 0.717) is 18.2 Å². The number of hydrogen-bond donors (Lipinski definition) is 0. The molecular weight excluding hydrogens is 368 g/mol. The molecule has 0 radical (unpaired) electrons. The summed E-state index contributed by atoms with van der Waals surface area (Å²) in [6, 6.07) is 5.49. The minimum Gasteiger partial charge on any atom is -0.381 e. The van der Waals surface area contributed by atoms with E-state index in [1.807, 2.05) is 17.0 Å². The smallest absolute Gasteiger partial charge is 0.272 e. The van der Waals surface area contributed by atoms with Crippen LogP contribution < -0.4 is 0 Å². The Morgan fingerprint density at radius 1 is 1.21 bits per heavy atom. The van der Waals surface area contributed by atoms with Gasteiger partial charge in [-0.3, -0.25) is 9.78 Å². The van der Waals surface area contributed by atoms with Crippen molar-refractivity contribution in [2.24, 2.45) is 5.92 Å². The molecule has 154 valence electrons. The summed E-state index contributed by atoms with van der Waals surface area (Å²) in [6.07, 6.45) is 9.05. The summed E-state index contributed by atoms with van der Waals surface area (Å²) < 4.78 is 11.2. The molecule has 0 spiro atoms. The van der Waals surface area contributed by atoms with Crippen LogP contribution in [0.25, 0.3) is 0 Å². The molecule has 7 heteroatoms. The largest absolute Gasteiger partial charge is 0.381 e. The highest BCUT2D eigenvalue weighted by Crippen LogP contribution is 2.46. The van der Waals surface area contributed by atoms with Crippen LogP contribution in [0, 0.1) is 5.92 Å². The molecule has 1 saturated carbocycles. The van der Waals surface area contributed by atoms with Gasteiger partial charge in [-0.15, -0.1) is 0 Å². The minimum atomic E-state index is -0.212. The molecule has 2 saturated heterocycles. The lowest BCUT2D eigenvalue weighted by atomic mass is 9.74. The maximum Gasteiger partial charge on any atom is 0.272 e. The molecule has 5 rings (SSSR count). The summed E-state index contributed by atoms with van der Waals surface area (Å²) in [5, 5.41) is 4.45. The second kappa shape index (κ2) is 7.86. The zero-order valence-electron chi connectivity index (χ0n) is 16.8. The van der Waals surface area contributed by atoms with Gasteiger partial charge in [-0.1, -0.05) is 24.1 Å². The fourth-order valence-corrected chi connectivity index (χ4v) is 4.83. The van der Waals surface area contributed by atoms with Crippen molar-refractivity contribution in [2.75, 3.05) is 26.3 Å². The Hall–Kier alpha value is -2.28. The summed E-state index contributed by atoms with van der Waals surface area (Å²) in [4.78, 5) is 24.2. The highest BCUT2D eigenvalue weighted by Gasteiger charge is 2.46. The highest BCUT2D eigenvalue weighted by atomic mass is 16.5. The Balaban J connectivity index is 1.40. The Morgan fingerprint density at radius 3 is 2.83 bits per heavy atom. The first-order valence-electron chi connectivity index (χ1n) is 10.9. The van der Waals surface area contributed by atoms with Crippen LogP contribution in [-0.2, 0) is 10.2 Å². The van der Waals surface area contributed by atoms with E-state index in [2.05, 4.69) is 10.1 Å². The third-order valence-corrected chi connectivity index (χ3v) is 6.61.